The molecule has 2 amide bonds. The number of pyridine rings is 1. The molecule has 3 heterocycles. The molecule has 11 heteroatoms. The number of nitrogens with zero attached hydrogens (tertiary/aromatic N) is 4. The molecule has 0 unspecified atom stereocenters. The van der Waals surface area contributed by atoms with Gasteiger partial charge in [-0.1, -0.05) is 17.7 Å². The molecule has 2 aromatic carbocycles. The fourth-order valence-corrected chi connectivity index (χ4v) is 5.38. The minimum Gasteiger partial charge on any atom is -0.493 e. The molecule has 0 atom stereocenters. The van der Waals surface area contributed by atoms with Crippen molar-refractivity contribution in [3.05, 3.63) is 52.9 Å². The van der Waals surface area contributed by atoms with Gasteiger partial charge in [-0.25, -0.2) is 9.18 Å². The summed E-state index contributed by atoms with van der Waals surface area (Å²) in [5.74, 6) is 0.358. The second-order valence-electron chi connectivity index (χ2n) is 9.99. The van der Waals surface area contributed by atoms with Crippen molar-refractivity contribution in [2.45, 2.75) is 31.8 Å². The summed E-state index contributed by atoms with van der Waals surface area (Å²) in [5.41, 5.74) is 1.32. The highest BCUT2D eigenvalue weighted by molar-refractivity contribution is 6.31. The number of urea groups is 1. The predicted octanol–water partition coefficient (Wildman–Crippen LogP) is 5.30. The Hall–Kier alpha value is -3.81. The molecule has 0 spiro atoms. The molecule has 2 aliphatic heterocycles. The lowest BCUT2D eigenvalue weighted by Crippen LogP contribution is -2.47. The van der Waals surface area contributed by atoms with Crippen molar-refractivity contribution in [2.24, 2.45) is 0 Å². The molecule has 0 saturated carbocycles. The van der Waals surface area contributed by atoms with Crippen LogP contribution in [0, 0.1) is 17.1 Å². The zero-order valence-electron chi connectivity index (χ0n) is 22.4. The summed E-state index contributed by atoms with van der Waals surface area (Å²) >= 11 is 5.97. The number of hydrogen-bond acceptors (Lipinski definition) is 7. The molecule has 210 valence electrons. The van der Waals surface area contributed by atoms with Gasteiger partial charge in [0.2, 0.25) is 0 Å². The summed E-state index contributed by atoms with van der Waals surface area (Å²) in [6, 6.07) is 10.2. The van der Waals surface area contributed by atoms with E-state index in [9.17, 15) is 14.4 Å². The first kappa shape index (κ1) is 27.7. The number of anilines is 2. The minimum absolute atomic E-state index is 0.0285. The SMILES string of the molecule is COc1cc2ncc(C#N)c(Nc3cccc(Cl)c3F)c2cc1OC1CCN(C(=O)NCCN2CCCC2)CC1. The van der Waals surface area contributed by atoms with Gasteiger partial charge in [-0.05, 0) is 44.1 Å². The number of rotatable bonds is 8. The van der Waals surface area contributed by atoms with E-state index in [1.165, 1.54) is 25.1 Å². The molecule has 9 nitrogen and oxygen atoms in total. The van der Waals surface area contributed by atoms with Crippen LogP contribution in [0.4, 0.5) is 20.6 Å². The molecule has 1 aromatic heterocycles. The van der Waals surface area contributed by atoms with Crippen LogP contribution in [0.5, 0.6) is 11.5 Å². The van der Waals surface area contributed by atoms with E-state index < -0.39 is 5.82 Å². The molecule has 5 rings (SSSR count). The van der Waals surface area contributed by atoms with Crippen molar-refractivity contribution in [3.63, 3.8) is 0 Å². The first-order chi connectivity index (χ1) is 19.5. The van der Waals surface area contributed by atoms with Crippen LogP contribution >= 0.6 is 11.6 Å². The lowest BCUT2D eigenvalue weighted by molar-refractivity contribution is 0.108. The Morgan fingerprint density at radius 1 is 1.20 bits per heavy atom. The summed E-state index contributed by atoms with van der Waals surface area (Å²) in [7, 11) is 1.55. The Morgan fingerprint density at radius 2 is 1.98 bits per heavy atom. The fraction of sp³-hybridized carbons (Fsp3) is 0.414. The fourth-order valence-electron chi connectivity index (χ4n) is 5.20. The molecular weight excluding hydrogens is 535 g/mol. The summed E-state index contributed by atoms with van der Waals surface area (Å²) < 4.78 is 26.6. The van der Waals surface area contributed by atoms with Crippen LogP contribution in [-0.2, 0) is 0 Å². The third-order valence-corrected chi connectivity index (χ3v) is 7.70. The summed E-state index contributed by atoms with van der Waals surface area (Å²) in [6.45, 7) is 4.92. The summed E-state index contributed by atoms with van der Waals surface area (Å²) in [4.78, 5) is 21.2. The highest BCUT2D eigenvalue weighted by Crippen LogP contribution is 2.39. The van der Waals surface area contributed by atoms with Crippen molar-refractivity contribution in [2.75, 3.05) is 51.7 Å². The minimum atomic E-state index is -0.616. The van der Waals surface area contributed by atoms with Crippen molar-refractivity contribution < 1.29 is 18.7 Å². The number of hydrogen-bond donors (Lipinski definition) is 2. The third kappa shape index (κ3) is 6.16. The standard InChI is InChI=1S/C29H32ClFN6O3/c1-39-25-16-24-21(28(19(17-32)18-34-24)35-23-6-4-5-22(30)27(23)31)15-26(25)40-20-7-12-37(13-8-20)29(38)33-9-14-36-10-2-3-11-36/h4-6,15-16,18,20H,2-3,7-14H2,1H3,(H,33,38)(H,34,35). The van der Waals surface area contributed by atoms with E-state index in [1.54, 1.807) is 31.4 Å². The van der Waals surface area contributed by atoms with E-state index in [-0.39, 0.29) is 28.4 Å². The van der Waals surface area contributed by atoms with E-state index in [0.29, 0.717) is 60.6 Å². The number of nitrogens with one attached hydrogen (secondary N) is 2. The Morgan fingerprint density at radius 3 is 2.70 bits per heavy atom. The van der Waals surface area contributed by atoms with Gasteiger partial charge >= 0.3 is 6.03 Å². The maximum Gasteiger partial charge on any atom is 0.317 e. The highest BCUT2D eigenvalue weighted by Gasteiger charge is 2.25. The Kier molecular flexibility index (Phi) is 8.72. The van der Waals surface area contributed by atoms with Gasteiger partial charge in [0.05, 0.1) is 34.6 Å². The lowest BCUT2D eigenvalue weighted by Gasteiger charge is -2.32. The average molecular weight is 567 g/mol. The third-order valence-electron chi connectivity index (χ3n) is 7.41. The smallest absolute Gasteiger partial charge is 0.317 e. The number of aromatic nitrogens is 1. The van der Waals surface area contributed by atoms with E-state index in [2.05, 4.69) is 26.6 Å². The van der Waals surface area contributed by atoms with Crippen LogP contribution in [0.15, 0.2) is 36.5 Å². The van der Waals surface area contributed by atoms with Gasteiger partial charge in [-0.3, -0.25) is 4.98 Å². The predicted molar refractivity (Wildman–Crippen MR) is 152 cm³/mol. The van der Waals surface area contributed by atoms with Crippen LogP contribution in [0.2, 0.25) is 5.02 Å². The first-order valence-electron chi connectivity index (χ1n) is 13.5. The molecule has 0 radical (unpaired) electrons. The summed E-state index contributed by atoms with van der Waals surface area (Å²) in [5, 5.41) is 16.3. The number of nitriles is 1. The Bertz CT molecular complexity index is 1420. The molecule has 40 heavy (non-hydrogen) atoms. The molecule has 2 fully saturated rings. The van der Waals surface area contributed by atoms with Crippen molar-refractivity contribution in [1.82, 2.24) is 20.1 Å². The monoisotopic (exact) mass is 566 g/mol. The highest BCUT2D eigenvalue weighted by atomic mass is 35.5. The number of carbonyl (C=O) groups excluding carboxylic acids is 1. The zero-order valence-corrected chi connectivity index (χ0v) is 23.1. The van der Waals surface area contributed by atoms with E-state index in [0.717, 1.165) is 19.6 Å². The van der Waals surface area contributed by atoms with Gasteiger partial charge in [0.1, 0.15) is 12.2 Å². The van der Waals surface area contributed by atoms with Gasteiger partial charge in [0.25, 0.3) is 0 Å². The maximum atomic E-state index is 14.7. The first-order valence-corrected chi connectivity index (χ1v) is 13.9. The van der Waals surface area contributed by atoms with Gasteiger partial charge in [0, 0.05) is 56.7 Å². The number of amides is 2. The zero-order chi connectivity index (χ0) is 28.1. The van der Waals surface area contributed by atoms with Crippen molar-refractivity contribution in [3.8, 4) is 17.6 Å². The molecule has 2 saturated heterocycles. The number of fused-ring (bicyclic) bond motifs is 1. The van der Waals surface area contributed by atoms with Crippen molar-refractivity contribution >= 4 is 39.9 Å². The molecule has 3 aromatic rings. The number of benzene rings is 2. The van der Waals surface area contributed by atoms with Gasteiger partial charge in [-0.2, -0.15) is 5.26 Å². The molecule has 2 N–H and O–H groups in total. The number of ether oxygens (including phenoxy) is 2. The topological polar surface area (TPSA) is 103 Å². The normalized spacial score (nSPS) is 16.1. The molecular formula is C29H32ClFN6O3. The number of methoxy groups -OCH3 is 1. The van der Waals surface area contributed by atoms with E-state index in [4.69, 9.17) is 21.1 Å². The molecule has 0 bridgehead atoms. The number of likely N-dealkylation sites (tertiary alicyclic amines) is 2. The maximum absolute atomic E-state index is 14.7. The second-order valence-corrected chi connectivity index (χ2v) is 10.4. The van der Waals surface area contributed by atoms with Crippen LogP contribution in [0.3, 0.4) is 0 Å². The van der Waals surface area contributed by atoms with Crippen LogP contribution in [0.1, 0.15) is 31.2 Å². The van der Waals surface area contributed by atoms with E-state index in [1.807, 2.05) is 4.90 Å². The van der Waals surface area contributed by atoms with E-state index >= 15 is 0 Å². The van der Waals surface area contributed by atoms with Crippen LogP contribution < -0.4 is 20.1 Å². The number of halogens is 2. The lowest BCUT2D eigenvalue weighted by atomic mass is 10.1. The van der Waals surface area contributed by atoms with Gasteiger partial charge in [0.15, 0.2) is 17.3 Å². The molecule has 0 aliphatic carbocycles. The summed E-state index contributed by atoms with van der Waals surface area (Å²) in [6.07, 6.45) is 5.09. The van der Waals surface area contributed by atoms with Crippen LogP contribution in [0.25, 0.3) is 10.9 Å². The van der Waals surface area contributed by atoms with Crippen LogP contribution in [-0.4, -0.2) is 73.3 Å². The van der Waals surface area contributed by atoms with Crippen molar-refractivity contribution in [1.29, 1.82) is 5.26 Å². The average Bonchev–Trinajstić information content (AvgIpc) is 3.49. The largest absolute Gasteiger partial charge is 0.493 e. The van der Waals surface area contributed by atoms with Gasteiger partial charge < -0.3 is 29.9 Å². The van der Waals surface area contributed by atoms with Gasteiger partial charge in [-0.15, -0.1) is 0 Å². The number of carbonyl (C=O) groups is 1. The molecule has 2 aliphatic rings. The Labute approximate surface area is 237 Å². The quantitative estimate of drug-likeness (QED) is 0.381. The number of piperidine rings is 1. The second kappa shape index (κ2) is 12.6. The Balaban J connectivity index is 1.29.